The molecule has 1 spiro atoms. The van der Waals surface area contributed by atoms with E-state index in [1.165, 1.54) is 44.2 Å². The van der Waals surface area contributed by atoms with Gasteiger partial charge in [-0.3, -0.25) is 9.80 Å². The van der Waals surface area contributed by atoms with Crippen molar-refractivity contribution in [3.63, 3.8) is 0 Å². The van der Waals surface area contributed by atoms with Crippen LogP contribution >= 0.6 is 0 Å². The zero-order valence-electron chi connectivity index (χ0n) is 18.5. The van der Waals surface area contributed by atoms with Crippen molar-refractivity contribution in [2.45, 2.75) is 75.4 Å². The van der Waals surface area contributed by atoms with Gasteiger partial charge in [0.2, 0.25) is 0 Å². The third-order valence-electron chi connectivity index (χ3n) is 7.55. The molecule has 1 aromatic rings. The summed E-state index contributed by atoms with van der Waals surface area (Å²) in [7, 11) is 1.71. The maximum absolute atomic E-state index is 12.8. The van der Waals surface area contributed by atoms with Gasteiger partial charge < -0.3 is 9.47 Å². The molecule has 2 heterocycles. The molecule has 31 heavy (non-hydrogen) atoms. The van der Waals surface area contributed by atoms with Crippen molar-refractivity contribution in [2.75, 3.05) is 40.0 Å². The van der Waals surface area contributed by atoms with Crippen LogP contribution in [0.1, 0.15) is 56.1 Å². The Labute approximate surface area is 183 Å². The zero-order chi connectivity index (χ0) is 21.9. The Morgan fingerprint density at radius 3 is 2.29 bits per heavy atom. The Hall–Kier alpha value is -1.15. The highest BCUT2D eigenvalue weighted by molar-refractivity contribution is 5.24. The number of alkyl halides is 3. The third kappa shape index (κ3) is 5.10. The first-order valence-corrected chi connectivity index (χ1v) is 11.7. The summed E-state index contributed by atoms with van der Waals surface area (Å²) in [5, 5.41) is 0. The summed E-state index contributed by atoms with van der Waals surface area (Å²) in [6, 6.07) is 6.20. The minimum atomic E-state index is -4.27. The number of rotatable bonds is 7. The number of nitrogens with zero attached hydrogens (tertiary/aromatic N) is 2. The lowest BCUT2D eigenvalue weighted by atomic mass is 9.69. The minimum Gasteiger partial charge on any atom is -0.382 e. The second-order valence-electron chi connectivity index (χ2n) is 9.37. The summed E-state index contributed by atoms with van der Waals surface area (Å²) < 4.78 is 49.7. The average molecular weight is 441 g/mol. The molecule has 0 aromatic heterocycles. The topological polar surface area (TPSA) is 24.9 Å². The Bertz CT molecular complexity index is 696. The summed E-state index contributed by atoms with van der Waals surface area (Å²) in [4.78, 5) is 5.11. The monoisotopic (exact) mass is 440 g/mol. The molecule has 3 aliphatic rings. The molecule has 1 unspecified atom stereocenters. The predicted octanol–water partition coefficient (Wildman–Crippen LogP) is 4.72. The molecule has 174 valence electrons. The highest BCUT2D eigenvalue weighted by Gasteiger charge is 2.56. The van der Waals surface area contributed by atoms with E-state index in [0.717, 1.165) is 44.6 Å². The first kappa shape index (κ1) is 23.0. The molecular formula is C24H35F3N2O2. The van der Waals surface area contributed by atoms with Gasteiger partial charge in [-0.1, -0.05) is 31.4 Å². The van der Waals surface area contributed by atoms with Crippen molar-refractivity contribution >= 4 is 0 Å². The number of halogens is 3. The number of ether oxygens (including phenoxy) is 2. The van der Waals surface area contributed by atoms with Gasteiger partial charge in [-0.05, 0) is 56.5 Å². The largest absolute Gasteiger partial charge is 0.416 e. The van der Waals surface area contributed by atoms with E-state index in [-0.39, 0.29) is 5.54 Å². The van der Waals surface area contributed by atoms with Gasteiger partial charge in [0, 0.05) is 31.8 Å². The SMILES string of the molecule is COCCOC1CN(C2CCN(Cc3ccc(C(F)(F)F)cc3)CC2)C12CCCCC2. The molecule has 2 saturated heterocycles. The summed E-state index contributed by atoms with van der Waals surface area (Å²) >= 11 is 0. The Kier molecular flexibility index (Phi) is 7.26. The van der Waals surface area contributed by atoms with E-state index in [2.05, 4.69) is 9.80 Å². The van der Waals surface area contributed by atoms with Gasteiger partial charge in [-0.25, -0.2) is 0 Å². The fourth-order valence-corrected chi connectivity index (χ4v) is 5.82. The Morgan fingerprint density at radius 2 is 1.68 bits per heavy atom. The number of likely N-dealkylation sites (tertiary alicyclic amines) is 2. The normalized spacial score (nSPS) is 25.6. The maximum atomic E-state index is 12.8. The number of piperidine rings is 1. The Morgan fingerprint density at radius 1 is 1.00 bits per heavy atom. The van der Waals surface area contributed by atoms with Gasteiger partial charge in [0.1, 0.15) is 0 Å². The molecule has 0 N–H and O–H groups in total. The van der Waals surface area contributed by atoms with Crippen molar-refractivity contribution < 1.29 is 22.6 Å². The highest BCUT2D eigenvalue weighted by Crippen LogP contribution is 2.47. The third-order valence-corrected chi connectivity index (χ3v) is 7.55. The van der Waals surface area contributed by atoms with Gasteiger partial charge in [-0.2, -0.15) is 13.2 Å². The molecule has 0 radical (unpaired) electrons. The molecule has 4 rings (SSSR count). The van der Waals surface area contributed by atoms with Gasteiger partial charge in [0.15, 0.2) is 0 Å². The van der Waals surface area contributed by atoms with E-state index in [4.69, 9.17) is 9.47 Å². The summed E-state index contributed by atoms with van der Waals surface area (Å²) in [6.45, 7) is 5.05. The average Bonchev–Trinajstić information content (AvgIpc) is 2.77. The molecular weight excluding hydrogens is 405 g/mol. The zero-order valence-corrected chi connectivity index (χ0v) is 18.5. The number of benzene rings is 1. The molecule has 1 saturated carbocycles. The van der Waals surface area contributed by atoms with Gasteiger partial charge >= 0.3 is 6.18 Å². The Balaban J connectivity index is 1.30. The quantitative estimate of drug-likeness (QED) is 0.573. The molecule has 0 amide bonds. The first-order chi connectivity index (χ1) is 14.9. The fraction of sp³-hybridized carbons (Fsp3) is 0.750. The molecule has 1 aliphatic carbocycles. The van der Waals surface area contributed by atoms with Crippen molar-refractivity contribution in [3.05, 3.63) is 35.4 Å². The van der Waals surface area contributed by atoms with Gasteiger partial charge in [0.25, 0.3) is 0 Å². The molecule has 2 aliphatic heterocycles. The van der Waals surface area contributed by atoms with E-state index in [0.29, 0.717) is 25.4 Å². The van der Waals surface area contributed by atoms with E-state index >= 15 is 0 Å². The lowest BCUT2D eigenvalue weighted by molar-refractivity contribution is -0.204. The number of hydrogen-bond donors (Lipinski definition) is 0. The van der Waals surface area contributed by atoms with Crippen molar-refractivity contribution in [3.8, 4) is 0 Å². The standard InChI is InChI=1S/C24H35F3N2O2/c1-30-15-16-31-22-18-29(23(22)11-3-2-4-12-23)21-9-13-28(14-10-21)17-19-5-7-20(8-6-19)24(25,26)27/h5-8,21-22H,2-4,9-18H2,1H3. The molecule has 4 nitrogen and oxygen atoms in total. The van der Waals surface area contributed by atoms with Crippen LogP contribution in [0.25, 0.3) is 0 Å². The number of methoxy groups -OCH3 is 1. The highest BCUT2D eigenvalue weighted by atomic mass is 19.4. The van der Waals surface area contributed by atoms with Crippen molar-refractivity contribution in [1.29, 1.82) is 0 Å². The fourth-order valence-electron chi connectivity index (χ4n) is 5.82. The first-order valence-electron chi connectivity index (χ1n) is 11.7. The van der Waals surface area contributed by atoms with E-state index in [9.17, 15) is 13.2 Å². The van der Waals surface area contributed by atoms with Crippen LogP contribution in [0.4, 0.5) is 13.2 Å². The summed E-state index contributed by atoms with van der Waals surface area (Å²) in [5.41, 5.74) is 0.588. The van der Waals surface area contributed by atoms with Crippen LogP contribution in [0.5, 0.6) is 0 Å². The predicted molar refractivity (Wildman–Crippen MR) is 114 cm³/mol. The van der Waals surface area contributed by atoms with Crippen molar-refractivity contribution in [2.24, 2.45) is 0 Å². The van der Waals surface area contributed by atoms with Gasteiger partial charge in [-0.15, -0.1) is 0 Å². The lowest BCUT2D eigenvalue weighted by Gasteiger charge is -2.63. The van der Waals surface area contributed by atoms with E-state index < -0.39 is 11.7 Å². The molecule has 7 heteroatoms. The second-order valence-corrected chi connectivity index (χ2v) is 9.37. The van der Waals surface area contributed by atoms with Crippen LogP contribution in [0, 0.1) is 0 Å². The van der Waals surface area contributed by atoms with Crippen LogP contribution in [0.2, 0.25) is 0 Å². The molecule has 0 bridgehead atoms. The van der Waals surface area contributed by atoms with E-state index in [1.54, 1.807) is 19.2 Å². The van der Waals surface area contributed by atoms with Crippen LogP contribution in [-0.4, -0.2) is 67.4 Å². The van der Waals surface area contributed by atoms with Crippen LogP contribution in [-0.2, 0) is 22.2 Å². The van der Waals surface area contributed by atoms with E-state index in [1.807, 2.05) is 0 Å². The smallest absolute Gasteiger partial charge is 0.382 e. The van der Waals surface area contributed by atoms with Crippen LogP contribution < -0.4 is 0 Å². The molecule has 3 fully saturated rings. The minimum absolute atomic E-state index is 0.215. The summed E-state index contributed by atoms with van der Waals surface area (Å²) in [5.74, 6) is 0. The molecule has 1 aromatic carbocycles. The summed E-state index contributed by atoms with van der Waals surface area (Å²) in [6.07, 6.45) is 4.65. The second kappa shape index (κ2) is 9.77. The van der Waals surface area contributed by atoms with Gasteiger partial charge in [0.05, 0.1) is 24.9 Å². The maximum Gasteiger partial charge on any atom is 0.416 e. The number of hydrogen-bond acceptors (Lipinski definition) is 4. The van der Waals surface area contributed by atoms with Crippen LogP contribution in [0.3, 0.4) is 0 Å². The lowest BCUT2D eigenvalue weighted by Crippen LogP contribution is -2.75. The van der Waals surface area contributed by atoms with Crippen molar-refractivity contribution in [1.82, 2.24) is 9.80 Å². The van der Waals surface area contributed by atoms with Crippen LogP contribution in [0.15, 0.2) is 24.3 Å². The molecule has 1 atom stereocenters.